The standard InChI is InChI=1S/C14H20FN3O/c1-2-18-7-3-4-11(18)9-17-14(19)12-6-5-10(16)8-13(12)15/h5-6,8,11H,2-4,7,9,16H2,1H3,(H,17,19). The van der Waals surface area contributed by atoms with Gasteiger partial charge < -0.3 is 11.1 Å². The van der Waals surface area contributed by atoms with Gasteiger partial charge in [-0.1, -0.05) is 6.92 Å². The van der Waals surface area contributed by atoms with Crippen molar-refractivity contribution in [2.24, 2.45) is 0 Å². The lowest BCUT2D eigenvalue weighted by Gasteiger charge is -2.22. The second kappa shape index (κ2) is 6.02. The number of nitrogens with two attached hydrogens (primary N) is 1. The van der Waals surface area contributed by atoms with Gasteiger partial charge >= 0.3 is 0 Å². The summed E-state index contributed by atoms with van der Waals surface area (Å²) >= 11 is 0. The SMILES string of the molecule is CCN1CCCC1CNC(=O)c1ccc(N)cc1F. The molecule has 19 heavy (non-hydrogen) atoms. The van der Waals surface area contributed by atoms with E-state index in [1.54, 1.807) is 0 Å². The number of likely N-dealkylation sites (N-methyl/N-ethyl adjacent to an activating group) is 1. The molecule has 1 aliphatic heterocycles. The minimum atomic E-state index is -0.573. The number of likely N-dealkylation sites (tertiary alicyclic amines) is 1. The Bertz CT molecular complexity index is 464. The zero-order valence-corrected chi connectivity index (χ0v) is 11.2. The molecular formula is C14H20FN3O. The lowest BCUT2D eigenvalue weighted by molar-refractivity contribution is 0.0937. The van der Waals surface area contributed by atoms with Crippen molar-refractivity contribution in [2.45, 2.75) is 25.8 Å². The lowest BCUT2D eigenvalue weighted by atomic mass is 10.1. The van der Waals surface area contributed by atoms with Gasteiger partial charge in [0, 0.05) is 18.3 Å². The number of hydrogen-bond donors (Lipinski definition) is 2. The van der Waals surface area contributed by atoms with Gasteiger partial charge in [0.1, 0.15) is 5.82 Å². The highest BCUT2D eigenvalue weighted by Crippen LogP contribution is 2.16. The maximum atomic E-state index is 13.6. The number of nitrogens with one attached hydrogen (secondary N) is 1. The zero-order valence-electron chi connectivity index (χ0n) is 11.2. The molecule has 0 bridgehead atoms. The van der Waals surface area contributed by atoms with E-state index in [9.17, 15) is 9.18 Å². The van der Waals surface area contributed by atoms with Gasteiger partial charge in [0.05, 0.1) is 5.56 Å². The zero-order chi connectivity index (χ0) is 13.8. The third kappa shape index (κ3) is 3.23. The predicted octanol–water partition coefficient (Wildman–Crippen LogP) is 1.62. The number of benzene rings is 1. The van der Waals surface area contributed by atoms with Crippen molar-refractivity contribution < 1.29 is 9.18 Å². The minimum Gasteiger partial charge on any atom is -0.399 e. The first-order valence-electron chi connectivity index (χ1n) is 6.69. The molecule has 4 nitrogen and oxygen atoms in total. The van der Waals surface area contributed by atoms with E-state index in [0.717, 1.165) is 25.9 Å². The monoisotopic (exact) mass is 265 g/mol. The number of anilines is 1. The molecule has 1 saturated heterocycles. The molecule has 1 atom stereocenters. The molecule has 0 aromatic heterocycles. The van der Waals surface area contributed by atoms with E-state index in [1.165, 1.54) is 18.2 Å². The summed E-state index contributed by atoms with van der Waals surface area (Å²) < 4.78 is 13.6. The van der Waals surface area contributed by atoms with Crippen LogP contribution in [0.15, 0.2) is 18.2 Å². The maximum Gasteiger partial charge on any atom is 0.254 e. The van der Waals surface area contributed by atoms with Gasteiger partial charge in [-0.2, -0.15) is 0 Å². The van der Waals surface area contributed by atoms with Crippen LogP contribution in [0.4, 0.5) is 10.1 Å². The van der Waals surface area contributed by atoms with E-state index in [1.807, 2.05) is 0 Å². The summed E-state index contributed by atoms with van der Waals surface area (Å²) in [5.74, 6) is -0.947. The van der Waals surface area contributed by atoms with Gasteiger partial charge in [0.25, 0.3) is 5.91 Å². The Kier molecular flexibility index (Phi) is 4.37. The molecule has 1 heterocycles. The molecule has 1 aliphatic rings. The highest BCUT2D eigenvalue weighted by Gasteiger charge is 2.23. The average Bonchev–Trinajstić information content (AvgIpc) is 2.83. The number of nitrogens with zero attached hydrogens (tertiary/aromatic N) is 1. The summed E-state index contributed by atoms with van der Waals surface area (Å²) in [6.45, 7) is 4.74. The second-order valence-corrected chi connectivity index (χ2v) is 4.87. The normalized spacial score (nSPS) is 19.6. The molecule has 1 unspecified atom stereocenters. The summed E-state index contributed by atoms with van der Waals surface area (Å²) in [6, 6.07) is 4.49. The van der Waals surface area contributed by atoms with Crippen LogP contribution in [0, 0.1) is 5.82 Å². The van der Waals surface area contributed by atoms with Crippen LogP contribution in [0.1, 0.15) is 30.1 Å². The van der Waals surface area contributed by atoms with Crippen molar-refractivity contribution in [3.05, 3.63) is 29.6 Å². The molecule has 1 aromatic carbocycles. The fraction of sp³-hybridized carbons (Fsp3) is 0.500. The van der Waals surface area contributed by atoms with Crippen LogP contribution in [0.3, 0.4) is 0 Å². The summed E-state index contributed by atoms with van der Waals surface area (Å²) in [6.07, 6.45) is 2.24. The third-order valence-corrected chi connectivity index (χ3v) is 3.64. The molecule has 104 valence electrons. The molecule has 0 spiro atoms. The van der Waals surface area contributed by atoms with Crippen molar-refractivity contribution in [3.63, 3.8) is 0 Å². The Labute approximate surface area is 112 Å². The molecular weight excluding hydrogens is 245 g/mol. The lowest BCUT2D eigenvalue weighted by Crippen LogP contribution is -2.40. The predicted molar refractivity (Wildman–Crippen MR) is 73.4 cm³/mol. The van der Waals surface area contributed by atoms with Crippen molar-refractivity contribution in [3.8, 4) is 0 Å². The molecule has 0 radical (unpaired) electrons. The second-order valence-electron chi connectivity index (χ2n) is 4.87. The quantitative estimate of drug-likeness (QED) is 0.813. The van der Waals surface area contributed by atoms with Gasteiger partial charge in [0.2, 0.25) is 0 Å². The van der Waals surface area contributed by atoms with E-state index < -0.39 is 5.82 Å². The molecule has 1 aromatic rings. The van der Waals surface area contributed by atoms with E-state index in [-0.39, 0.29) is 11.5 Å². The summed E-state index contributed by atoms with van der Waals surface area (Å²) in [4.78, 5) is 14.3. The van der Waals surface area contributed by atoms with Gasteiger partial charge in [-0.15, -0.1) is 0 Å². The maximum absolute atomic E-state index is 13.6. The highest BCUT2D eigenvalue weighted by molar-refractivity contribution is 5.94. The first-order valence-corrected chi connectivity index (χ1v) is 6.69. The van der Waals surface area contributed by atoms with Crippen LogP contribution in [0.25, 0.3) is 0 Å². The average molecular weight is 265 g/mol. The van der Waals surface area contributed by atoms with Crippen LogP contribution in [0.2, 0.25) is 0 Å². The molecule has 0 aliphatic carbocycles. The van der Waals surface area contributed by atoms with Crippen LogP contribution in [-0.4, -0.2) is 36.5 Å². The van der Waals surface area contributed by atoms with Crippen LogP contribution in [-0.2, 0) is 0 Å². The number of carbonyl (C=O) groups is 1. The number of nitrogen functional groups attached to an aromatic ring is 1. The number of halogens is 1. The fourth-order valence-corrected chi connectivity index (χ4v) is 2.56. The third-order valence-electron chi connectivity index (χ3n) is 3.64. The number of rotatable bonds is 4. The van der Waals surface area contributed by atoms with Crippen LogP contribution < -0.4 is 11.1 Å². The molecule has 5 heteroatoms. The van der Waals surface area contributed by atoms with Crippen molar-refractivity contribution in [2.75, 3.05) is 25.4 Å². The highest BCUT2D eigenvalue weighted by atomic mass is 19.1. The molecule has 3 N–H and O–H groups in total. The Hall–Kier alpha value is -1.62. The first kappa shape index (κ1) is 13.8. The summed E-state index contributed by atoms with van der Waals surface area (Å²) in [5, 5.41) is 2.80. The molecule has 1 fully saturated rings. The van der Waals surface area contributed by atoms with Crippen molar-refractivity contribution in [1.29, 1.82) is 0 Å². The van der Waals surface area contributed by atoms with Gasteiger partial charge in [-0.3, -0.25) is 9.69 Å². The fourth-order valence-electron chi connectivity index (χ4n) is 2.56. The van der Waals surface area contributed by atoms with E-state index in [0.29, 0.717) is 18.3 Å². The minimum absolute atomic E-state index is 0.0512. The van der Waals surface area contributed by atoms with E-state index >= 15 is 0 Å². The van der Waals surface area contributed by atoms with Crippen LogP contribution in [0.5, 0.6) is 0 Å². The first-order chi connectivity index (χ1) is 9.11. The Morgan fingerprint density at radius 2 is 2.37 bits per heavy atom. The van der Waals surface area contributed by atoms with E-state index in [4.69, 9.17) is 5.73 Å². The Morgan fingerprint density at radius 1 is 1.58 bits per heavy atom. The van der Waals surface area contributed by atoms with Crippen LogP contribution >= 0.6 is 0 Å². The Morgan fingerprint density at radius 3 is 3.05 bits per heavy atom. The van der Waals surface area contributed by atoms with Crippen molar-refractivity contribution in [1.82, 2.24) is 10.2 Å². The number of amides is 1. The molecule has 1 amide bonds. The van der Waals surface area contributed by atoms with Gasteiger partial charge in [-0.25, -0.2) is 4.39 Å². The van der Waals surface area contributed by atoms with Gasteiger partial charge in [-0.05, 0) is 44.1 Å². The number of carbonyl (C=O) groups excluding carboxylic acids is 1. The largest absolute Gasteiger partial charge is 0.399 e. The molecule has 2 rings (SSSR count). The van der Waals surface area contributed by atoms with E-state index in [2.05, 4.69) is 17.1 Å². The summed E-state index contributed by atoms with van der Waals surface area (Å²) in [7, 11) is 0. The topological polar surface area (TPSA) is 58.4 Å². The number of hydrogen-bond acceptors (Lipinski definition) is 3. The summed E-state index contributed by atoms with van der Waals surface area (Å²) in [5.41, 5.74) is 5.83. The smallest absolute Gasteiger partial charge is 0.254 e. The van der Waals surface area contributed by atoms with Gasteiger partial charge in [0.15, 0.2) is 0 Å². The molecule has 0 saturated carbocycles. The van der Waals surface area contributed by atoms with Crippen molar-refractivity contribution >= 4 is 11.6 Å². The Balaban J connectivity index is 1.94.